The van der Waals surface area contributed by atoms with E-state index in [0.717, 1.165) is 0 Å². The van der Waals surface area contributed by atoms with Gasteiger partial charge in [-0.2, -0.15) is 0 Å². The highest BCUT2D eigenvalue weighted by molar-refractivity contribution is 5.85. The Bertz CT molecular complexity index is 338. The highest BCUT2D eigenvalue weighted by atomic mass is 35.5. The van der Waals surface area contributed by atoms with Crippen LogP contribution in [0, 0.1) is 0 Å². The van der Waals surface area contributed by atoms with Crippen molar-refractivity contribution in [3.8, 4) is 0 Å². The first kappa shape index (κ1) is 12.0. The smallest absolute Gasteiger partial charge is 0.274 e. The Hall–Kier alpha value is -0.960. The number of anilines is 1. The molecule has 13 heavy (non-hydrogen) atoms. The maximum Gasteiger partial charge on any atom is 0.274 e. The van der Waals surface area contributed by atoms with E-state index in [2.05, 4.69) is 0 Å². The van der Waals surface area contributed by atoms with Crippen molar-refractivity contribution in [3.63, 3.8) is 0 Å². The molecule has 0 aliphatic rings. The van der Waals surface area contributed by atoms with Gasteiger partial charge in [0, 0.05) is 11.7 Å². The van der Waals surface area contributed by atoms with Crippen molar-refractivity contribution in [1.82, 2.24) is 4.57 Å². The monoisotopic (exact) mass is 202 g/mol. The Morgan fingerprint density at radius 3 is 2.31 bits per heavy atom. The van der Waals surface area contributed by atoms with Crippen molar-refractivity contribution in [3.05, 3.63) is 28.7 Å². The lowest BCUT2D eigenvalue weighted by Gasteiger charge is -2.22. The Morgan fingerprint density at radius 2 is 1.92 bits per heavy atom. The minimum absolute atomic E-state index is 0. The standard InChI is InChI=1S/C9H14N2O.ClH/c1-9(2,3)11-6-4-5-7(10)8(11)12;/h4-6H,10H2,1-3H3;1H. The number of nitrogens with two attached hydrogens (primary N) is 1. The summed E-state index contributed by atoms with van der Waals surface area (Å²) in [6.45, 7) is 5.90. The first-order valence-electron chi connectivity index (χ1n) is 3.90. The van der Waals surface area contributed by atoms with Gasteiger partial charge in [0.1, 0.15) is 0 Å². The maximum absolute atomic E-state index is 11.5. The molecule has 0 spiro atoms. The summed E-state index contributed by atoms with van der Waals surface area (Å²) in [4.78, 5) is 11.5. The van der Waals surface area contributed by atoms with Crippen LogP contribution in [0.2, 0.25) is 0 Å². The van der Waals surface area contributed by atoms with Crippen LogP contribution in [0.3, 0.4) is 0 Å². The molecular formula is C9H15ClN2O. The Balaban J connectivity index is 0.00000144. The molecule has 0 unspecified atom stereocenters. The average molecular weight is 203 g/mol. The molecule has 1 aromatic rings. The van der Waals surface area contributed by atoms with E-state index in [9.17, 15) is 4.79 Å². The molecule has 0 bridgehead atoms. The second kappa shape index (κ2) is 3.83. The van der Waals surface area contributed by atoms with Gasteiger partial charge in [-0.3, -0.25) is 4.79 Å². The number of nitrogen functional groups attached to an aromatic ring is 1. The van der Waals surface area contributed by atoms with Crippen molar-refractivity contribution in [2.45, 2.75) is 26.3 Å². The number of hydrogen-bond acceptors (Lipinski definition) is 2. The van der Waals surface area contributed by atoms with E-state index in [1.54, 1.807) is 22.9 Å². The molecule has 0 aliphatic carbocycles. The lowest BCUT2D eigenvalue weighted by atomic mass is 10.1. The minimum Gasteiger partial charge on any atom is -0.394 e. The molecule has 1 aromatic heterocycles. The molecule has 0 fully saturated rings. The van der Waals surface area contributed by atoms with E-state index in [-0.39, 0.29) is 23.5 Å². The Kier molecular flexibility index (Phi) is 3.55. The van der Waals surface area contributed by atoms with Crippen LogP contribution in [0.15, 0.2) is 23.1 Å². The summed E-state index contributed by atoms with van der Waals surface area (Å²) in [5.74, 6) is 0. The largest absolute Gasteiger partial charge is 0.394 e. The molecule has 0 aliphatic heterocycles. The maximum atomic E-state index is 11.5. The zero-order valence-electron chi connectivity index (χ0n) is 8.07. The molecule has 1 heterocycles. The molecule has 0 saturated carbocycles. The van der Waals surface area contributed by atoms with Crippen molar-refractivity contribution < 1.29 is 0 Å². The summed E-state index contributed by atoms with van der Waals surface area (Å²) in [6.07, 6.45) is 1.75. The summed E-state index contributed by atoms with van der Waals surface area (Å²) in [5, 5.41) is 0. The second-order valence-corrected chi connectivity index (χ2v) is 3.81. The molecule has 2 N–H and O–H groups in total. The average Bonchev–Trinajstić information content (AvgIpc) is 1.92. The fourth-order valence-corrected chi connectivity index (χ4v) is 1.04. The molecule has 74 valence electrons. The minimum atomic E-state index is -0.202. The first-order chi connectivity index (χ1) is 5.43. The van der Waals surface area contributed by atoms with E-state index >= 15 is 0 Å². The Labute approximate surface area is 84.0 Å². The third kappa shape index (κ3) is 2.49. The van der Waals surface area contributed by atoms with Crippen molar-refractivity contribution in [2.24, 2.45) is 0 Å². The summed E-state index contributed by atoms with van der Waals surface area (Å²) in [7, 11) is 0. The summed E-state index contributed by atoms with van der Waals surface area (Å²) >= 11 is 0. The highest BCUT2D eigenvalue weighted by Gasteiger charge is 2.14. The predicted octanol–water partition coefficient (Wildman–Crippen LogP) is 1.61. The molecule has 4 heteroatoms. The first-order valence-corrected chi connectivity index (χ1v) is 3.90. The lowest BCUT2D eigenvalue weighted by Crippen LogP contribution is -2.34. The van der Waals surface area contributed by atoms with Crippen LogP contribution < -0.4 is 11.3 Å². The van der Waals surface area contributed by atoms with Crippen molar-refractivity contribution in [2.75, 3.05) is 5.73 Å². The fraction of sp³-hybridized carbons (Fsp3) is 0.444. The number of halogens is 1. The molecule has 0 saturated heterocycles. The Morgan fingerprint density at radius 1 is 1.38 bits per heavy atom. The van der Waals surface area contributed by atoms with Gasteiger partial charge in [0.2, 0.25) is 0 Å². The highest BCUT2D eigenvalue weighted by Crippen LogP contribution is 2.10. The van der Waals surface area contributed by atoms with Crippen molar-refractivity contribution >= 4 is 18.1 Å². The number of nitrogens with zero attached hydrogens (tertiary/aromatic N) is 1. The molecule has 0 atom stereocenters. The summed E-state index contributed by atoms with van der Waals surface area (Å²) in [5.41, 5.74) is 5.46. The third-order valence-corrected chi connectivity index (χ3v) is 1.70. The predicted molar refractivity (Wildman–Crippen MR) is 57.4 cm³/mol. The van der Waals surface area contributed by atoms with Gasteiger partial charge in [-0.1, -0.05) is 0 Å². The van der Waals surface area contributed by atoms with Crippen LogP contribution in [0.1, 0.15) is 20.8 Å². The molecule has 0 radical (unpaired) electrons. The molecular weight excluding hydrogens is 188 g/mol. The molecule has 3 nitrogen and oxygen atoms in total. The van der Waals surface area contributed by atoms with Gasteiger partial charge in [0.15, 0.2) is 0 Å². The van der Waals surface area contributed by atoms with E-state index in [0.29, 0.717) is 5.69 Å². The quantitative estimate of drug-likeness (QED) is 0.695. The second-order valence-electron chi connectivity index (χ2n) is 3.81. The van der Waals surface area contributed by atoms with Crippen molar-refractivity contribution in [1.29, 1.82) is 0 Å². The normalized spacial score (nSPS) is 10.7. The fourth-order valence-electron chi connectivity index (χ4n) is 1.04. The van der Waals surface area contributed by atoms with Crippen LogP contribution in [-0.2, 0) is 5.54 Å². The van der Waals surface area contributed by atoms with Gasteiger partial charge in [0.05, 0.1) is 5.69 Å². The number of pyridine rings is 1. The van der Waals surface area contributed by atoms with Crippen LogP contribution in [0.25, 0.3) is 0 Å². The zero-order valence-corrected chi connectivity index (χ0v) is 8.89. The number of rotatable bonds is 0. The zero-order chi connectivity index (χ0) is 9.35. The van der Waals surface area contributed by atoms with Gasteiger partial charge >= 0.3 is 0 Å². The topological polar surface area (TPSA) is 48.0 Å². The van der Waals surface area contributed by atoms with Crippen LogP contribution >= 0.6 is 12.4 Å². The van der Waals surface area contributed by atoms with Gasteiger partial charge in [0.25, 0.3) is 5.56 Å². The molecule has 0 aromatic carbocycles. The van der Waals surface area contributed by atoms with E-state index in [1.807, 2.05) is 20.8 Å². The number of aromatic nitrogens is 1. The van der Waals surface area contributed by atoms with Crippen LogP contribution in [0.5, 0.6) is 0 Å². The summed E-state index contributed by atoms with van der Waals surface area (Å²) in [6, 6.07) is 3.40. The van der Waals surface area contributed by atoms with Gasteiger partial charge in [-0.15, -0.1) is 12.4 Å². The van der Waals surface area contributed by atoms with Crippen LogP contribution in [0.4, 0.5) is 5.69 Å². The molecule has 0 amide bonds. The van der Waals surface area contributed by atoms with Crippen LogP contribution in [-0.4, -0.2) is 4.57 Å². The summed E-state index contributed by atoms with van der Waals surface area (Å²) < 4.78 is 1.63. The van der Waals surface area contributed by atoms with E-state index in [1.165, 1.54) is 0 Å². The number of hydrogen-bond donors (Lipinski definition) is 1. The van der Waals surface area contributed by atoms with Gasteiger partial charge in [-0.25, -0.2) is 0 Å². The van der Waals surface area contributed by atoms with E-state index < -0.39 is 0 Å². The SMILES string of the molecule is CC(C)(C)n1cccc(N)c1=O.Cl. The third-order valence-electron chi connectivity index (χ3n) is 1.70. The van der Waals surface area contributed by atoms with Gasteiger partial charge < -0.3 is 10.3 Å². The van der Waals surface area contributed by atoms with Gasteiger partial charge in [-0.05, 0) is 32.9 Å². The lowest BCUT2D eigenvalue weighted by molar-refractivity contribution is 0.385. The van der Waals surface area contributed by atoms with E-state index in [4.69, 9.17) is 5.73 Å². The molecule has 1 rings (SSSR count).